The van der Waals surface area contributed by atoms with E-state index in [-0.39, 0.29) is 24.8 Å². The van der Waals surface area contributed by atoms with Gasteiger partial charge in [-0.05, 0) is 48.9 Å². The zero-order valence-electron chi connectivity index (χ0n) is 13.7. The Labute approximate surface area is 144 Å². The largest absolute Gasteiger partial charge is 0.481 e. The number of carbonyl (C=O) groups excluding carboxylic acids is 1. The van der Waals surface area contributed by atoms with Crippen molar-refractivity contribution in [3.05, 3.63) is 78.1 Å². The fourth-order valence-electron chi connectivity index (χ4n) is 2.31. The molecule has 1 amide bonds. The van der Waals surface area contributed by atoms with Crippen LogP contribution in [0.1, 0.15) is 11.3 Å². The summed E-state index contributed by atoms with van der Waals surface area (Å²) in [6, 6.07) is 13.3. The zero-order valence-corrected chi connectivity index (χ0v) is 13.7. The molecule has 0 fully saturated rings. The van der Waals surface area contributed by atoms with E-state index in [9.17, 15) is 9.18 Å². The van der Waals surface area contributed by atoms with Crippen LogP contribution in [0.25, 0.3) is 0 Å². The van der Waals surface area contributed by atoms with Crippen LogP contribution in [0.3, 0.4) is 0 Å². The number of ether oxygens (including phenoxy) is 1. The van der Waals surface area contributed by atoms with Crippen molar-refractivity contribution in [2.24, 2.45) is 0 Å². The van der Waals surface area contributed by atoms with Crippen molar-refractivity contribution in [2.45, 2.75) is 13.5 Å². The normalized spacial score (nSPS) is 10.5. The molecule has 1 aromatic carbocycles. The Bertz CT molecular complexity index is 835. The average molecular weight is 340 g/mol. The molecule has 2 heterocycles. The van der Waals surface area contributed by atoms with Crippen LogP contribution >= 0.6 is 0 Å². The van der Waals surface area contributed by atoms with Crippen LogP contribution in [0.5, 0.6) is 5.75 Å². The van der Waals surface area contributed by atoms with Crippen molar-refractivity contribution in [3.8, 4) is 5.75 Å². The molecule has 0 spiro atoms. The van der Waals surface area contributed by atoms with Gasteiger partial charge in [0.15, 0.2) is 18.2 Å². The number of rotatable bonds is 6. The Kier molecular flexibility index (Phi) is 5.09. The highest BCUT2D eigenvalue weighted by atomic mass is 19.1. The molecule has 3 rings (SSSR count). The minimum absolute atomic E-state index is 0.0484. The fourth-order valence-corrected chi connectivity index (χ4v) is 2.31. The molecule has 2 aromatic heterocycles. The van der Waals surface area contributed by atoms with Crippen LogP contribution in [0.4, 0.5) is 10.2 Å². The van der Waals surface area contributed by atoms with E-state index in [4.69, 9.17) is 9.15 Å². The lowest BCUT2D eigenvalue weighted by molar-refractivity contribution is -0.120. The molecular weight excluding hydrogens is 323 g/mol. The van der Waals surface area contributed by atoms with E-state index in [0.29, 0.717) is 11.6 Å². The second-order valence-electron chi connectivity index (χ2n) is 5.47. The summed E-state index contributed by atoms with van der Waals surface area (Å²) in [5.41, 5.74) is 0.848. The van der Waals surface area contributed by atoms with Crippen molar-refractivity contribution in [1.82, 2.24) is 4.98 Å². The average Bonchev–Trinajstić information content (AvgIpc) is 3.14. The van der Waals surface area contributed by atoms with E-state index in [1.165, 1.54) is 17.2 Å². The summed E-state index contributed by atoms with van der Waals surface area (Å²) in [7, 11) is 0. The standard InChI is InChI=1S/C19H17FN2O3/c1-14-7-8-16(20)17(11-14)25-13-19(23)22(12-15-5-4-10-24-15)18-6-2-3-9-21-18/h2-11H,12-13H2,1H3. The van der Waals surface area contributed by atoms with Gasteiger partial charge in [-0.1, -0.05) is 12.1 Å². The Morgan fingerprint density at radius 2 is 2.12 bits per heavy atom. The maximum atomic E-state index is 13.8. The minimum atomic E-state index is -0.506. The van der Waals surface area contributed by atoms with Crippen molar-refractivity contribution in [1.29, 1.82) is 0 Å². The minimum Gasteiger partial charge on any atom is -0.481 e. The van der Waals surface area contributed by atoms with Crippen LogP contribution in [0.15, 0.2) is 65.4 Å². The molecule has 0 aliphatic carbocycles. The van der Waals surface area contributed by atoms with Crippen LogP contribution in [-0.2, 0) is 11.3 Å². The number of anilines is 1. The number of halogens is 1. The number of aryl methyl sites for hydroxylation is 1. The summed E-state index contributed by atoms with van der Waals surface area (Å²) >= 11 is 0. The van der Waals surface area contributed by atoms with E-state index in [1.807, 2.05) is 6.92 Å². The zero-order chi connectivity index (χ0) is 17.6. The Balaban J connectivity index is 1.76. The molecule has 0 aliphatic rings. The molecule has 0 bridgehead atoms. The lowest BCUT2D eigenvalue weighted by atomic mass is 10.2. The van der Waals surface area contributed by atoms with E-state index >= 15 is 0 Å². The van der Waals surface area contributed by atoms with Gasteiger partial charge in [0.05, 0.1) is 12.8 Å². The van der Waals surface area contributed by atoms with E-state index in [0.717, 1.165) is 5.56 Å². The van der Waals surface area contributed by atoms with Crippen LogP contribution in [0.2, 0.25) is 0 Å². The van der Waals surface area contributed by atoms with Gasteiger partial charge in [-0.25, -0.2) is 9.37 Å². The number of hydrogen-bond acceptors (Lipinski definition) is 4. The summed E-state index contributed by atoms with van der Waals surface area (Å²) in [5.74, 6) is 0.273. The summed E-state index contributed by atoms with van der Waals surface area (Å²) in [6.07, 6.45) is 3.13. The molecule has 128 valence electrons. The van der Waals surface area contributed by atoms with Crippen molar-refractivity contribution < 1.29 is 18.3 Å². The first kappa shape index (κ1) is 16.7. The van der Waals surface area contributed by atoms with Gasteiger partial charge >= 0.3 is 0 Å². The van der Waals surface area contributed by atoms with Crippen LogP contribution in [0, 0.1) is 12.7 Å². The molecule has 5 nitrogen and oxygen atoms in total. The molecular formula is C19H17FN2O3. The molecule has 3 aromatic rings. The lowest BCUT2D eigenvalue weighted by Crippen LogP contribution is -2.35. The van der Waals surface area contributed by atoms with Gasteiger partial charge in [-0.3, -0.25) is 9.69 Å². The first-order valence-corrected chi connectivity index (χ1v) is 7.76. The number of aromatic nitrogens is 1. The quantitative estimate of drug-likeness (QED) is 0.686. The molecule has 0 aliphatic heterocycles. The predicted octanol–water partition coefficient (Wildman–Crippen LogP) is 3.73. The maximum Gasteiger partial charge on any atom is 0.266 e. The predicted molar refractivity (Wildman–Crippen MR) is 90.8 cm³/mol. The van der Waals surface area contributed by atoms with E-state index in [1.54, 1.807) is 48.7 Å². The third-order valence-electron chi connectivity index (χ3n) is 3.56. The van der Waals surface area contributed by atoms with E-state index < -0.39 is 5.82 Å². The highest BCUT2D eigenvalue weighted by Crippen LogP contribution is 2.19. The van der Waals surface area contributed by atoms with Crippen LogP contribution in [-0.4, -0.2) is 17.5 Å². The summed E-state index contributed by atoms with van der Waals surface area (Å²) < 4.78 is 24.5. The number of carbonyl (C=O) groups is 1. The Hall–Kier alpha value is -3.15. The van der Waals surface area contributed by atoms with Gasteiger partial charge < -0.3 is 9.15 Å². The summed E-state index contributed by atoms with van der Waals surface area (Å²) in [4.78, 5) is 18.3. The van der Waals surface area contributed by atoms with Gasteiger partial charge in [0.1, 0.15) is 11.6 Å². The molecule has 0 saturated heterocycles. The van der Waals surface area contributed by atoms with Crippen LogP contribution < -0.4 is 9.64 Å². The third-order valence-corrected chi connectivity index (χ3v) is 3.56. The smallest absolute Gasteiger partial charge is 0.266 e. The van der Waals surface area contributed by atoms with Gasteiger partial charge in [0, 0.05) is 6.20 Å². The molecule has 6 heteroatoms. The second-order valence-corrected chi connectivity index (χ2v) is 5.47. The molecule has 25 heavy (non-hydrogen) atoms. The number of furan rings is 1. The van der Waals surface area contributed by atoms with Crippen molar-refractivity contribution >= 4 is 11.7 Å². The maximum absolute atomic E-state index is 13.8. The van der Waals surface area contributed by atoms with Gasteiger partial charge in [-0.2, -0.15) is 0 Å². The Morgan fingerprint density at radius 3 is 2.84 bits per heavy atom. The lowest BCUT2D eigenvalue weighted by Gasteiger charge is -2.21. The summed E-state index contributed by atoms with van der Waals surface area (Å²) in [5, 5.41) is 0. The fraction of sp³-hybridized carbons (Fsp3) is 0.158. The highest BCUT2D eigenvalue weighted by Gasteiger charge is 2.19. The van der Waals surface area contributed by atoms with Crippen molar-refractivity contribution in [2.75, 3.05) is 11.5 Å². The monoisotopic (exact) mass is 340 g/mol. The SMILES string of the molecule is Cc1ccc(F)c(OCC(=O)N(Cc2ccco2)c2ccccn2)c1. The molecule has 0 unspecified atom stereocenters. The van der Waals surface area contributed by atoms with Gasteiger partial charge in [0.2, 0.25) is 0 Å². The topological polar surface area (TPSA) is 55.6 Å². The second kappa shape index (κ2) is 7.61. The van der Waals surface area contributed by atoms with E-state index in [2.05, 4.69) is 4.98 Å². The molecule has 0 N–H and O–H groups in total. The third kappa shape index (κ3) is 4.23. The summed E-state index contributed by atoms with van der Waals surface area (Å²) in [6.45, 7) is 1.73. The first-order valence-electron chi connectivity index (χ1n) is 7.76. The molecule has 0 saturated carbocycles. The molecule has 0 atom stereocenters. The van der Waals surface area contributed by atoms with Crippen molar-refractivity contribution in [3.63, 3.8) is 0 Å². The highest BCUT2D eigenvalue weighted by molar-refractivity contribution is 5.93. The first-order chi connectivity index (χ1) is 12.1. The number of nitrogens with zero attached hydrogens (tertiary/aromatic N) is 2. The van der Waals surface area contributed by atoms with Gasteiger partial charge in [-0.15, -0.1) is 0 Å². The Morgan fingerprint density at radius 1 is 1.24 bits per heavy atom. The number of hydrogen-bond donors (Lipinski definition) is 0. The number of amides is 1. The number of pyridine rings is 1. The van der Waals surface area contributed by atoms with Gasteiger partial charge in [0.25, 0.3) is 5.91 Å². The number of benzene rings is 1. The molecule has 0 radical (unpaired) electrons.